The lowest BCUT2D eigenvalue weighted by atomic mass is 10.2. The molecule has 1 aliphatic rings. The number of rotatable bonds is 5. The van der Waals surface area contributed by atoms with Crippen molar-refractivity contribution >= 4 is 28.6 Å². The topological polar surface area (TPSA) is 83.5 Å². The molecule has 0 bridgehead atoms. The average molecular weight is 460 g/mol. The summed E-state index contributed by atoms with van der Waals surface area (Å²) < 4.78 is 43.1. The largest absolute Gasteiger partial charge is 0.484 e. The lowest BCUT2D eigenvalue weighted by Crippen LogP contribution is -2.45. The molecule has 0 unspecified atom stereocenters. The fourth-order valence-corrected chi connectivity index (χ4v) is 3.45. The summed E-state index contributed by atoms with van der Waals surface area (Å²) in [5, 5.41) is 3.39. The van der Waals surface area contributed by atoms with Gasteiger partial charge in [0.15, 0.2) is 12.3 Å². The van der Waals surface area contributed by atoms with Crippen LogP contribution in [0.1, 0.15) is 11.3 Å². The van der Waals surface area contributed by atoms with Crippen molar-refractivity contribution in [2.24, 2.45) is 0 Å². The van der Waals surface area contributed by atoms with E-state index < -0.39 is 17.6 Å². The van der Waals surface area contributed by atoms with E-state index >= 15 is 0 Å². The smallest absolute Gasteiger partial charge is 0.416 e. The number of alkyl halides is 3. The number of anilines is 2. The molecule has 0 atom stereocenters. The second-order valence-corrected chi connectivity index (χ2v) is 7.85. The van der Waals surface area contributed by atoms with E-state index in [2.05, 4.69) is 37.1 Å². The second kappa shape index (κ2) is 9.18. The molecule has 1 saturated heterocycles. The SMILES string of the molecule is Cc1nc(N2CCN(C)CC2)nc2ncc(NC(=O)COc3ccc(C(F)(F)F)cc3)cc12. The number of likely N-dealkylation sites (N-methyl/N-ethyl adjacent to an activating group) is 1. The molecular formula is C22H23F3N6O2. The Labute approximate surface area is 188 Å². The highest BCUT2D eigenvalue weighted by molar-refractivity contribution is 5.94. The van der Waals surface area contributed by atoms with Gasteiger partial charge in [-0.3, -0.25) is 4.79 Å². The predicted octanol–water partition coefficient (Wildman–Crippen LogP) is 3.12. The highest BCUT2D eigenvalue weighted by atomic mass is 19.4. The van der Waals surface area contributed by atoms with Gasteiger partial charge in [-0.05, 0) is 44.3 Å². The Bertz CT molecular complexity index is 1150. The first kappa shape index (κ1) is 22.7. The summed E-state index contributed by atoms with van der Waals surface area (Å²) in [5.41, 5.74) is 0.950. The van der Waals surface area contributed by atoms with Gasteiger partial charge in [-0.2, -0.15) is 18.2 Å². The molecule has 174 valence electrons. The molecule has 3 aromatic rings. The van der Waals surface area contributed by atoms with Crippen molar-refractivity contribution in [3.8, 4) is 5.75 Å². The van der Waals surface area contributed by atoms with E-state index in [0.29, 0.717) is 22.7 Å². The average Bonchev–Trinajstić information content (AvgIpc) is 2.78. The quantitative estimate of drug-likeness (QED) is 0.626. The van der Waals surface area contributed by atoms with E-state index in [1.54, 1.807) is 6.07 Å². The number of aryl methyl sites for hydroxylation is 1. The van der Waals surface area contributed by atoms with Gasteiger partial charge in [0, 0.05) is 31.6 Å². The zero-order chi connectivity index (χ0) is 23.6. The number of carbonyl (C=O) groups is 1. The number of halogens is 3. The Kier molecular flexibility index (Phi) is 6.32. The normalized spacial score (nSPS) is 15.0. The van der Waals surface area contributed by atoms with Gasteiger partial charge < -0.3 is 19.9 Å². The summed E-state index contributed by atoms with van der Waals surface area (Å²) in [6.07, 6.45) is -2.93. The summed E-state index contributed by atoms with van der Waals surface area (Å²) >= 11 is 0. The van der Waals surface area contributed by atoms with Crippen molar-refractivity contribution in [3.63, 3.8) is 0 Å². The number of benzene rings is 1. The minimum atomic E-state index is -4.42. The molecule has 1 aliphatic heterocycles. The highest BCUT2D eigenvalue weighted by Crippen LogP contribution is 2.30. The summed E-state index contributed by atoms with van der Waals surface area (Å²) in [4.78, 5) is 30.2. The van der Waals surface area contributed by atoms with Crippen LogP contribution in [0.4, 0.5) is 24.8 Å². The lowest BCUT2D eigenvalue weighted by Gasteiger charge is -2.32. The van der Waals surface area contributed by atoms with Gasteiger partial charge >= 0.3 is 6.18 Å². The second-order valence-electron chi connectivity index (χ2n) is 7.85. The van der Waals surface area contributed by atoms with Gasteiger partial charge in [-0.15, -0.1) is 0 Å². The number of ether oxygens (including phenoxy) is 1. The highest BCUT2D eigenvalue weighted by Gasteiger charge is 2.30. The fraction of sp³-hybridized carbons (Fsp3) is 0.364. The number of amides is 1. The van der Waals surface area contributed by atoms with E-state index in [4.69, 9.17) is 4.74 Å². The van der Waals surface area contributed by atoms with Crippen LogP contribution in [0.5, 0.6) is 5.75 Å². The molecule has 0 saturated carbocycles. The molecule has 0 spiro atoms. The zero-order valence-electron chi connectivity index (χ0n) is 18.2. The molecule has 2 aromatic heterocycles. The van der Waals surface area contributed by atoms with Crippen LogP contribution in [0, 0.1) is 6.92 Å². The third-order valence-electron chi connectivity index (χ3n) is 5.35. The molecule has 1 aromatic carbocycles. The number of nitrogens with zero attached hydrogens (tertiary/aromatic N) is 5. The van der Waals surface area contributed by atoms with Crippen molar-refractivity contribution in [3.05, 3.63) is 47.8 Å². The van der Waals surface area contributed by atoms with Gasteiger partial charge in [0.1, 0.15) is 5.75 Å². The summed E-state index contributed by atoms with van der Waals surface area (Å²) in [6, 6.07) is 5.89. The molecule has 1 fully saturated rings. The Morgan fingerprint density at radius 2 is 1.82 bits per heavy atom. The van der Waals surface area contributed by atoms with Crippen molar-refractivity contribution in [1.29, 1.82) is 0 Å². The molecule has 8 nitrogen and oxygen atoms in total. The van der Waals surface area contributed by atoms with Crippen molar-refractivity contribution in [2.75, 3.05) is 50.1 Å². The monoisotopic (exact) mass is 460 g/mol. The summed E-state index contributed by atoms with van der Waals surface area (Å²) in [6.45, 7) is 5.07. The van der Waals surface area contributed by atoms with E-state index in [1.165, 1.54) is 18.3 Å². The third kappa shape index (κ3) is 5.48. The number of piperazine rings is 1. The summed E-state index contributed by atoms with van der Waals surface area (Å²) in [7, 11) is 2.08. The van der Waals surface area contributed by atoms with E-state index in [0.717, 1.165) is 44.0 Å². The number of hydrogen-bond acceptors (Lipinski definition) is 7. The Morgan fingerprint density at radius 3 is 2.48 bits per heavy atom. The maximum atomic E-state index is 12.6. The number of hydrogen-bond donors (Lipinski definition) is 1. The molecule has 0 aliphatic carbocycles. The van der Waals surface area contributed by atoms with Crippen molar-refractivity contribution in [1.82, 2.24) is 19.9 Å². The van der Waals surface area contributed by atoms with Crippen molar-refractivity contribution in [2.45, 2.75) is 13.1 Å². The van der Waals surface area contributed by atoms with Crippen LogP contribution in [0.2, 0.25) is 0 Å². The summed E-state index contributed by atoms with van der Waals surface area (Å²) in [5.74, 6) is 0.335. The number of pyridine rings is 1. The Hall–Kier alpha value is -3.47. The zero-order valence-corrected chi connectivity index (χ0v) is 18.2. The van der Waals surface area contributed by atoms with Crippen LogP contribution in [0.25, 0.3) is 11.0 Å². The van der Waals surface area contributed by atoms with Crippen molar-refractivity contribution < 1.29 is 22.7 Å². The van der Waals surface area contributed by atoms with E-state index in [9.17, 15) is 18.0 Å². The molecular weight excluding hydrogens is 437 g/mol. The predicted molar refractivity (Wildman–Crippen MR) is 117 cm³/mol. The number of nitrogens with one attached hydrogen (secondary N) is 1. The minimum absolute atomic E-state index is 0.162. The van der Waals surface area contributed by atoms with Crippen LogP contribution in [-0.4, -0.2) is 65.6 Å². The van der Waals surface area contributed by atoms with E-state index in [1.807, 2.05) is 6.92 Å². The lowest BCUT2D eigenvalue weighted by molar-refractivity contribution is -0.137. The van der Waals surface area contributed by atoms with E-state index in [-0.39, 0.29) is 12.4 Å². The van der Waals surface area contributed by atoms with Gasteiger partial charge in [-0.1, -0.05) is 0 Å². The van der Waals surface area contributed by atoms with Gasteiger partial charge in [0.05, 0.1) is 23.1 Å². The minimum Gasteiger partial charge on any atom is -0.484 e. The van der Waals surface area contributed by atoms with Gasteiger partial charge in [0.25, 0.3) is 5.91 Å². The maximum Gasteiger partial charge on any atom is 0.416 e. The standard InChI is InChI=1S/C22H23F3N6O2/c1-14-18-11-16(12-26-20(18)29-21(27-14)31-9-7-30(2)8-10-31)28-19(32)13-33-17-5-3-15(4-6-17)22(23,24)25/h3-6,11-12H,7-10,13H2,1-2H3,(H,28,32). The maximum absolute atomic E-state index is 12.6. The number of aromatic nitrogens is 3. The third-order valence-corrected chi connectivity index (χ3v) is 5.35. The molecule has 33 heavy (non-hydrogen) atoms. The van der Waals surface area contributed by atoms with Crippen LogP contribution >= 0.6 is 0 Å². The molecule has 4 rings (SSSR count). The van der Waals surface area contributed by atoms with Gasteiger partial charge in [-0.25, -0.2) is 9.97 Å². The number of carbonyl (C=O) groups excluding carboxylic acids is 1. The van der Waals surface area contributed by atoms with Crippen LogP contribution in [0.3, 0.4) is 0 Å². The van der Waals surface area contributed by atoms with Gasteiger partial charge in [0.2, 0.25) is 5.95 Å². The Morgan fingerprint density at radius 1 is 1.12 bits per heavy atom. The first-order chi connectivity index (χ1) is 15.7. The van der Waals surface area contributed by atoms with Crippen LogP contribution < -0.4 is 15.0 Å². The molecule has 1 N–H and O–H groups in total. The molecule has 11 heteroatoms. The fourth-order valence-electron chi connectivity index (χ4n) is 3.45. The number of fused-ring (bicyclic) bond motifs is 1. The molecule has 0 radical (unpaired) electrons. The first-order valence-electron chi connectivity index (χ1n) is 10.4. The van der Waals surface area contributed by atoms with Crippen LogP contribution in [-0.2, 0) is 11.0 Å². The molecule has 1 amide bonds. The van der Waals surface area contributed by atoms with Crippen LogP contribution in [0.15, 0.2) is 36.5 Å². The molecule has 3 heterocycles. The first-order valence-corrected chi connectivity index (χ1v) is 10.4. The Balaban J connectivity index is 1.39.